The Balaban J connectivity index is 2.20. The highest BCUT2D eigenvalue weighted by molar-refractivity contribution is 6.02. The summed E-state index contributed by atoms with van der Waals surface area (Å²) in [5.41, 5.74) is 3.23. The molecule has 0 aromatic heterocycles. The first-order valence-corrected chi connectivity index (χ1v) is 8.46. The van der Waals surface area contributed by atoms with Crippen LogP contribution >= 0.6 is 0 Å². The molecule has 1 atom stereocenters. The fourth-order valence-electron chi connectivity index (χ4n) is 3.38. The van der Waals surface area contributed by atoms with Gasteiger partial charge in [0.05, 0.1) is 24.9 Å². The van der Waals surface area contributed by atoms with Crippen molar-refractivity contribution >= 4 is 17.5 Å². The summed E-state index contributed by atoms with van der Waals surface area (Å²) >= 11 is 0. The summed E-state index contributed by atoms with van der Waals surface area (Å²) in [6.07, 6.45) is -0.440. The first kappa shape index (κ1) is 17.8. The number of likely N-dealkylation sites (N-methyl/N-ethyl adjacent to an activating group) is 1. The van der Waals surface area contributed by atoms with Crippen LogP contribution in [0.4, 0.5) is 5.69 Å². The summed E-state index contributed by atoms with van der Waals surface area (Å²) in [5, 5.41) is 2.67. The highest BCUT2D eigenvalue weighted by Crippen LogP contribution is 2.40. The normalized spacial score (nSPS) is 16.3. The highest BCUT2D eigenvalue weighted by Gasteiger charge is 2.38. The topological polar surface area (TPSA) is 61.9 Å². The van der Waals surface area contributed by atoms with Gasteiger partial charge in [-0.1, -0.05) is 23.8 Å². The molecule has 0 radical (unpaired) electrons. The number of para-hydroxylation sites is 1. The van der Waals surface area contributed by atoms with Crippen molar-refractivity contribution in [2.75, 3.05) is 32.6 Å². The molecule has 1 aliphatic heterocycles. The minimum absolute atomic E-state index is 0.0812. The summed E-state index contributed by atoms with van der Waals surface area (Å²) in [4.78, 5) is 28.7. The number of methoxy groups -OCH3 is 1. The maximum absolute atomic E-state index is 12.9. The third-order valence-corrected chi connectivity index (χ3v) is 4.68. The second-order valence-corrected chi connectivity index (χ2v) is 6.35. The number of hydrogen-bond acceptors (Lipinski definition) is 4. The van der Waals surface area contributed by atoms with Crippen molar-refractivity contribution in [3.8, 4) is 5.75 Å². The number of fused-ring (bicyclic) bond motifs is 1. The Morgan fingerprint density at radius 3 is 2.65 bits per heavy atom. The molecule has 3 rings (SSSR count). The average molecular weight is 353 g/mol. The Labute approximate surface area is 153 Å². The SMILES string of the molecule is CNC(=O)CN1c2ccccc2C(=O)N(C)[C@H]1c1cc(C)ccc1OC. The van der Waals surface area contributed by atoms with Crippen molar-refractivity contribution in [1.82, 2.24) is 10.2 Å². The Hall–Kier alpha value is -3.02. The average Bonchev–Trinajstić information content (AvgIpc) is 2.66. The van der Waals surface area contributed by atoms with Crippen LogP contribution in [0.25, 0.3) is 0 Å². The Bertz CT molecular complexity index is 850. The molecule has 0 saturated heterocycles. The van der Waals surface area contributed by atoms with Crippen LogP contribution in [0.5, 0.6) is 5.75 Å². The molecule has 1 aliphatic rings. The van der Waals surface area contributed by atoms with E-state index in [9.17, 15) is 9.59 Å². The van der Waals surface area contributed by atoms with Crippen LogP contribution in [0.1, 0.15) is 27.7 Å². The summed E-state index contributed by atoms with van der Waals surface area (Å²) in [7, 11) is 4.97. The zero-order valence-corrected chi connectivity index (χ0v) is 15.4. The molecule has 0 aliphatic carbocycles. The van der Waals surface area contributed by atoms with Gasteiger partial charge in [0.25, 0.3) is 5.91 Å². The van der Waals surface area contributed by atoms with E-state index in [4.69, 9.17) is 4.74 Å². The summed E-state index contributed by atoms with van der Waals surface area (Å²) in [6.45, 7) is 2.12. The van der Waals surface area contributed by atoms with Gasteiger partial charge in [-0.2, -0.15) is 0 Å². The van der Waals surface area contributed by atoms with E-state index in [1.165, 1.54) is 0 Å². The number of benzene rings is 2. The molecular weight excluding hydrogens is 330 g/mol. The van der Waals surface area contributed by atoms with E-state index >= 15 is 0 Å². The molecule has 2 amide bonds. The molecule has 2 aromatic rings. The van der Waals surface area contributed by atoms with Crippen LogP contribution < -0.4 is 15.0 Å². The molecule has 6 nitrogen and oxygen atoms in total. The van der Waals surface area contributed by atoms with Crippen molar-refractivity contribution < 1.29 is 14.3 Å². The number of carbonyl (C=O) groups excluding carboxylic acids is 2. The maximum Gasteiger partial charge on any atom is 0.257 e. The smallest absolute Gasteiger partial charge is 0.257 e. The molecule has 2 aromatic carbocycles. The number of amides is 2. The fraction of sp³-hybridized carbons (Fsp3) is 0.300. The number of nitrogens with one attached hydrogen (secondary N) is 1. The van der Waals surface area contributed by atoms with Crippen LogP contribution in [0, 0.1) is 6.92 Å². The second kappa shape index (κ2) is 7.07. The molecule has 0 unspecified atom stereocenters. The van der Waals surface area contributed by atoms with Crippen LogP contribution in [0.15, 0.2) is 42.5 Å². The number of nitrogens with zero attached hydrogens (tertiary/aromatic N) is 2. The maximum atomic E-state index is 12.9. The van der Waals surface area contributed by atoms with Gasteiger partial charge < -0.3 is 19.9 Å². The van der Waals surface area contributed by atoms with Gasteiger partial charge in [-0.15, -0.1) is 0 Å². The fourth-order valence-corrected chi connectivity index (χ4v) is 3.38. The van der Waals surface area contributed by atoms with Crippen LogP contribution in [0.2, 0.25) is 0 Å². The molecule has 0 saturated carbocycles. The largest absolute Gasteiger partial charge is 0.496 e. The Morgan fingerprint density at radius 1 is 1.23 bits per heavy atom. The van der Waals surface area contributed by atoms with Crippen LogP contribution in [-0.4, -0.2) is 44.5 Å². The van der Waals surface area contributed by atoms with E-state index in [1.54, 1.807) is 32.2 Å². The quantitative estimate of drug-likeness (QED) is 0.916. The number of rotatable bonds is 4. The molecule has 0 bridgehead atoms. The van der Waals surface area contributed by atoms with Gasteiger partial charge in [-0.05, 0) is 31.2 Å². The minimum atomic E-state index is -0.440. The van der Waals surface area contributed by atoms with Gasteiger partial charge >= 0.3 is 0 Å². The molecule has 0 fully saturated rings. The molecule has 0 spiro atoms. The van der Waals surface area contributed by atoms with Crippen LogP contribution in [-0.2, 0) is 4.79 Å². The minimum Gasteiger partial charge on any atom is -0.496 e. The van der Waals surface area contributed by atoms with Crippen LogP contribution in [0.3, 0.4) is 0 Å². The summed E-state index contributed by atoms with van der Waals surface area (Å²) in [6, 6.07) is 13.2. The van der Waals surface area contributed by atoms with E-state index in [0.29, 0.717) is 11.3 Å². The lowest BCUT2D eigenvalue weighted by Crippen LogP contribution is -2.50. The first-order chi connectivity index (χ1) is 12.5. The standard InChI is InChI=1S/C20H23N3O3/c1-13-9-10-17(26-4)15(11-13)19-22(3)20(25)14-7-5-6-8-16(14)23(19)12-18(24)21-2/h5-11,19H,12H2,1-4H3,(H,21,24)/t19-/m1/s1. The highest BCUT2D eigenvalue weighted by atomic mass is 16.5. The van der Waals surface area contributed by atoms with Gasteiger partial charge in [0, 0.05) is 19.7 Å². The predicted molar refractivity (Wildman–Crippen MR) is 100 cm³/mol. The third-order valence-electron chi connectivity index (χ3n) is 4.68. The second-order valence-electron chi connectivity index (χ2n) is 6.35. The predicted octanol–water partition coefficient (Wildman–Crippen LogP) is 2.34. The molecule has 136 valence electrons. The van der Waals surface area contributed by atoms with E-state index < -0.39 is 6.17 Å². The Kier molecular flexibility index (Phi) is 4.84. The van der Waals surface area contributed by atoms with Gasteiger partial charge in [-0.3, -0.25) is 9.59 Å². The number of aryl methyl sites for hydroxylation is 1. The lowest BCUT2D eigenvalue weighted by molar-refractivity contribution is -0.119. The summed E-state index contributed by atoms with van der Waals surface area (Å²) < 4.78 is 5.54. The lowest BCUT2D eigenvalue weighted by Gasteiger charge is -2.44. The molecule has 1 N–H and O–H groups in total. The van der Waals surface area contributed by atoms with E-state index in [-0.39, 0.29) is 18.4 Å². The zero-order valence-electron chi connectivity index (χ0n) is 15.4. The third kappa shape index (κ3) is 2.98. The van der Waals surface area contributed by atoms with E-state index in [0.717, 1.165) is 16.8 Å². The Morgan fingerprint density at radius 2 is 1.96 bits per heavy atom. The number of carbonyl (C=O) groups is 2. The van der Waals surface area contributed by atoms with E-state index in [1.807, 2.05) is 48.2 Å². The molecular formula is C20H23N3O3. The number of hydrogen-bond donors (Lipinski definition) is 1. The van der Waals surface area contributed by atoms with Crippen molar-refractivity contribution in [3.05, 3.63) is 59.2 Å². The number of ether oxygens (including phenoxy) is 1. The number of anilines is 1. The van der Waals surface area contributed by atoms with Gasteiger partial charge in [0.15, 0.2) is 0 Å². The lowest BCUT2D eigenvalue weighted by atomic mass is 9.99. The molecule has 6 heteroatoms. The monoisotopic (exact) mass is 353 g/mol. The first-order valence-electron chi connectivity index (χ1n) is 8.46. The van der Waals surface area contributed by atoms with Gasteiger partial charge in [-0.25, -0.2) is 0 Å². The van der Waals surface area contributed by atoms with Crippen molar-refractivity contribution in [2.45, 2.75) is 13.1 Å². The zero-order chi connectivity index (χ0) is 18.8. The molecule has 1 heterocycles. The summed E-state index contributed by atoms with van der Waals surface area (Å²) in [5.74, 6) is 0.475. The van der Waals surface area contributed by atoms with Gasteiger partial charge in [0.1, 0.15) is 11.9 Å². The van der Waals surface area contributed by atoms with Gasteiger partial charge in [0.2, 0.25) is 5.91 Å². The van der Waals surface area contributed by atoms with Crippen molar-refractivity contribution in [3.63, 3.8) is 0 Å². The van der Waals surface area contributed by atoms with Crippen molar-refractivity contribution in [1.29, 1.82) is 0 Å². The van der Waals surface area contributed by atoms with E-state index in [2.05, 4.69) is 5.32 Å². The van der Waals surface area contributed by atoms with Crippen molar-refractivity contribution in [2.24, 2.45) is 0 Å². The molecule has 26 heavy (non-hydrogen) atoms.